The Kier molecular flexibility index (Phi) is 3.35. The Balaban J connectivity index is 2.21. The van der Waals surface area contributed by atoms with Gasteiger partial charge in [-0.25, -0.2) is 0 Å². The van der Waals surface area contributed by atoms with Gasteiger partial charge >= 0.3 is 0 Å². The number of carbonyl (C=O) groups is 1. The standard InChI is InChI=1S/C13H11NO3/c1-10-8-11(4-6-14-10)13-3-2-12(17-13)5-7-16-9-15/h2-9H,1H3. The summed E-state index contributed by atoms with van der Waals surface area (Å²) >= 11 is 0. The van der Waals surface area contributed by atoms with E-state index in [1.807, 2.05) is 25.1 Å². The van der Waals surface area contributed by atoms with E-state index in [1.54, 1.807) is 18.3 Å². The Morgan fingerprint density at radius 1 is 1.35 bits per heavy atom. The molecule has 4 heteroatoms. The third-order valence-corrected chi connectivity index (χ3v) is 2.17. The van der Waals surface area contributed by atoms with Crippen molar-refractivity contribution in [1.29, 1.82) is 0 Å². The lowest BCUT2D eigenvalue weighted by atomic mass is 10.2. The van der Waals surface area contributed by atoms with Crippen molar-refractivity contribution in [3.63, 3.8) is 0 Å². The second kappa shape index (κ2) is 5.12. The van der Waals surface area contributed by atoms with Gasteiger partial charge in [-0.1, -0.05) is 0 Å². The summed E-state index contributed by atoms with van der Waals surface area (Å²) in [6.07, 6.45) is 4.58. The Morgan fingerprint density at radius 2 is 2.24 bits per heavy atom. The van der Waals surface area contributed by atoms with Crippen LogP contribution in [0.1, 0.15) is 11.5 Å². The van der Waals surface area contributed by atoms with Crippen LogP contribution in [0.25, 0.3) is 17.4 Å². The number of furan rings is 1. The summed E-state index contributed by atoms with van der Waals surface area (Å²) in [5.41, 5.74) is 1.90. The predicted molar refractivity (Wildman–Crippen MR) is 62.9 cm³/mol. The molecule has 0 aliphatic heterocycles. The zero-order valence-electron chi connectivity index (χ0n) is 9.29. The van der Waals surface area contributed by atoms with Crippen molar-refractivity contribution in [2.45, 2.75) is 6.92 Å². The molecule has 0 radical (unpaired) electrons. The fourth-order valence-corrected chi connectivity index (χ4v) is 1.43. The van der Waals surface area contributed by atoms with Crippen LogP contribution < -0.4 is 0 Å². The van der Waals surface area contributed by atoms with Gasteiger partial charge in [-0.15, -0.1) is 0 Å². The van der Waals surface area contributed by atoms with E-state index in [9.17, 15) is 4.79 Å². The van der Waals surface area contributed by atoms with E-state index in [1.165, 1.54) is 6.26 Å². The number of rotatable bonds is 4. The van der Waals surface area contributed by atoms with Gasteiger partial charge in [0.1, 0.15) is 11.5 Å². The number of ether oxygens (including phenoxy) is 1. The van der Waals surface area contributed by atoms with E-state index in [-0.39, 0.29) is 0 Å². The largest absolute Gasteiger partial charge is 0.457 e. The molecule has 0 saturated carbocycles. The third-order valence-electron chi connectivity index (χ3n) is 2.17. The lowest BCUT2D eigenvalue weighted by Crippen LogP contribution is -1.80. The fraction of sp³-hybridized carbons (Fsp3) is 0.0769. The van der Waals surface area contributed by atoms with Crippen LogP contribution in [0.15, 0.2) is 41.1 Å². The van der Waals surface area contributed by atoms with Crippen molar-refractivity contribution in [3.8, 4) is 11.3 Å². The summed E-state index contributed by atoms with van der Waals surface area (Å²) < 4.78 is 10.0. The highest BCUT2D eigenvalue weighted by Crippen LogP contribution is 2.22. The summed E-state index contributed by atoms with van der Waals surface area (Å²) in [6, 6.07) is 7.47. The molecule has 0 fully saturated rings. The van der Waals surface area contributed by atoms with Gasteiger partial charge in [0.25, 0.3) is 6.47 Å². The third kappa shape index (κ3) is 2.81. The molecular formula is C13H11NO3. The van der Waals surface area contributed by atoms with Gasteiger partial charge in [0.15, 0.2) is 0 Å². The number of hydrogen-bond donors (Lipinski definition) is 0. The first kappa shape index (κ1) is 11.1. The minimum absolute atomic E-state index is 0.354. The van der Waals surface area contributed by atoms with Crippen LogP contribution in [-0.2, 0) is 9.53 Å². The molecule has 0 spiro atoms. The minimum Gasteiger partial charge on any atom is -0.457 e. The number of aryl methyl sites for hydroxylation is 1. The molecule has 0 bridgehead atoms. The lowest BCUT2D eigenvalue weighted by Gasteiger charge is -1.97. The maximum absolute atomic E-state index is 9.95. The molecule has 0 aromatic carbocycles. The number of nitrogens with zero attached hydrogens (tertiary/aromatic N) is 1. The highest BCUT2D eigenvalue weighted by atomic mass is 16.5. The summed E-state index contributed by atoms with van der Waals surface area (Å²) in [5.74, 6) is 1.37. The van der Waals surface area contributed by atoms with Crippen LogP contribution in [0.4, 0.5) is 0 Å². The molecule has 17 heavy (non-hydrogen) atoms. The molecule has 0 saturated heterocycles. The Labute approximate surface area is 98.5 Å². The molecule has 2 aromatic rings. The first-order valence-electron chi connectivity index (χ1n) is 5.08. The second-order valence-corrected chi connectivity index (χ2v) is 3.42. The molecule has 2 aromatic heterocycles. The van der Waals surface area contributed by atoms with Crippen molar-refractivity contribution in [3.05, 3.63) is 48.2 Å². The fourth-order valence-electron chi connectivity index (χ4n) is 1.43. The van der Waals surface area contributed by atoms with Crippen LogP contribution in [0.5, 0.6) is 0 Å². The van der Waals surface area contributed by atoms with Gasteiger partial charge in [0.05, 0.1) is 6.26 Å². The molecule has 0 unspecified atom stereocenters. The Hall–Kier alpha value is -2.36. The SMILES string of the molecule is Cc1cc(-c2ccc(C=COC=O)o2)ccn1. The average molecular weight is 229 g/mol. The highest BCUT2D eigenvalue weighted by Gasteiger charge is 2.03. The smallest absolute Gasteiger partial charge is 0.297 e. The van der Waals surface area contributed by atoms with Crippen LogP contribution >= 0.6 is 0 Å². The maximum atomic E-state index is 9.95. The quantitative estimate of drug-likeness (QED) is 0.597. The summed E-state index contributed by atoms with van der Waals surface area (Å²) in [7, 11) is 0. The number of hydrogen-bond acceptors (Lipinski definition) is 4. The van der Waals surface area contributed by atoms with Gasteiger partial charge in [-0.3, -0.25) is 9.78 Å². The van der Waals surface area contributed by atoms with E-state index in [0.717, 1.165) is 17.0 Å². The predicted octanol–water partition coefficient (Wildman–Crippen LogP) is 2.79. The van der Waals surface area contributed by atoms with Crippen molar-refractivity contribution < 1.29 is 13.9 Å². The lowest BCUT2D eigenvalue weighted by molar-refractivity contribution is -0.123. The summed E-state index contributed by atoms with van der Waals surface area (Å²) in [4.78, 5) is 14.1. The molecule has 4 nitrogen and oxygen atoms in total. The molecule has 0 aliphatic carbocycles. The topological polar surface area (TPSA) is 52.3 Å². The molecular weight excluding hydrogens is 218 g/mol. The van der Waals surface area contributed by atoms with E-state index in [0.29, 0.717) is 12.2 Å². The average Bonchev–Trinajstić information content (AvgIpc) is 2.78. The van der Waals surface area contributed by atoms with Crippen molar-refractivity contribution in [2.75, 3.05) is 0 Å². The zero-order valence-corrected chi connectivity index (χ0v) is 9.29. The van der Waals surface area contributed by atoms with Crippen LogP contribution in [0.2, 0.25) is 0 Å². The summed E-state index contributed by atoms with van der Waals surface area (Å²) in [6.45, 7) is 2.28. The van der Waals surface area contributed by atoms with E-state index in [2.05, 4.69) is 9.72 Å². The summed E-state index contributed by atoms with van der Waals surface area (Å²) in [5, 5.41) is 0. The van der Waals surface area contributed by atoms with Crippen molar-refractivity contribution in [2.24, 2.45) is 0 Å². The van der Waals surface area contributed by atoms with E-state index >= 15 is 0 Å². The van der Waals surface area contributed by atoms with Crippen molar-refractivity contribution in [1.82, 2.24) is 4.98 Å². The zero-order chi connectivity index (χ0) is 12.1. The molecule has 86 valence electrons. The van der Waals surface area contributed by atoms with Gasteiger partial charge in [0, 0.05) is 23.5 Å². The molecule has 0 atom stereocenters. The normalized spacial score (nSPS) is 10.6. The van der Waals surface area contributed by atoms with Crippen molar-refractivity contribution >= 4 is 12.5 Å². The highest BCUT2D eigenvalue weighted by molar-refractivity contribution is 5.59. The number of pyridine rings is 1. The first-order chi connectivity index (χ1) is 8.29. The van der Waals surface area contributed by atoms with E-state index in [4.69, 9.17) is 4.42 Å². The number of carbonyl (C=O) groups excluding carboxylic acids is 1. The van der Waals surface area contributed by atoms with Crippen LogP contribution in [0.3, 0.4) is 0 Å². The first-order valence-corrected chi connectivity index (χ1v) is 5.08. The van der Waals surface area contributed by atoms with E-state index < -0.39 is 0 Å². The minimum atomic E-state index is 0.354. The molecule has 2 heterocycles. The van der Waals surface area contributed by atoms with Gasteiger partial charge in [0.2, 0.25) is 0 Å². The Bertz CT molecular complexity index is 543. The van der Waals surface area contributed by atoms with Gasteiger partial charge in [-0.05, 0) is 31.2 Å². The van der Waals surface area contributed by atoms with Gasteiger partial charge in [-0.2, -0.15) is 0 Å². The Morgan fingerprint density at radius 3 is 3.00 bits per heavy atom. The van der Waals surface area contributed by atoms with Crippen LogP contribution in [0, 0.1) is 6.92 Å². The molecule has 0 amide bonds. The molecule has 2 rings (SSSR count). The number of aromatic nitrogens is 1. The monoisotopic (exact) mass is 229 g/mol. The molecule has 0 aliphatic rings. The maximum Gasteiger partial charge on any atom is 0.297 e. The van der Waals surface area contributed by atoms with Gasteiger partial charge < -0.3 is 9.15 Å². The van der Waals surface area contributed by atoms with Crippen LogP contribution in [-0.4, -0.2) is 11.5 Å². The molecule has 0 N–H and O–H groups in total. The second-order valence-electron chi connectivity index (χ2n) is 3.42.